The first-order valence-electron chi connectivity index (χ1n) is 8.73. The molecule has 0 amide bonds. The van der Waals surface area contributed by atoms with Gasteiger partial charge in [-0.2, -0.15) is 4.98 Å². The Balaban J connectivity index is 1.57. The third kappa shape index (κ3) is 3.30. The predicted octanol–water partition coefficient (Wildman–Crippen LogP) is 0.471. The summed E-state index contributed by atoms with van der Waals surface area (Å²) in [5, 5.41) is 4.00. The minimum atomic E-state index is -3.11. The lowest BCUT2D eigenvalue weighted by molar-refractivity contribution is 0.141. The minimum Gasteiger partial charge on any atom is -0.338 e. The van der Waals surface area contributed by atoms with Crippen LogP contribution in [0.2, 0.25) is 0 Å². The molecule has 2 fully saturated rings. The third-order valence-corrected chi connectivity index (χ3v) is 6.64. The number of nitrogens with zero attached hydrogens (tertiary/aromatic N) is 6. The average Bonchev–Trinajstić information content (AvgIpc) is 3.19. The molecule has 2 atom stereocenters. The molecule has 0 bridgehead atoms. The van der Waals surface area contributed by atoms with Gasteiger partial charge in [-0.25, -0.2) is 18.4 Å². The van der Waals surface area contributed by atoms with Crippen LogP contribution in [0.3, 0.4) is 0 Å². The molecule has 4 heterocycles. The van der Waals surface area contributed by atoms with Gasteiger partial charge in [-0.15, -0.1) is 0 Å². The Bertz CT molecular complexity index is 869. The maximum Gasteiger partial charge on any atom is 0.240 e. The lowest BCUT2D eigenvalue weighted by Gasteiger charge is -2.43. The predicted molar refractivity (Wildman–Crippen MR) is 94.4 cm³/mol. The number of rotatable bonds is 4. The molecule has 0 aliphatic carbocycles. The zero-order valence-corrected chi connectivity index (χ0v) is 15.6. The molecule has 2 aromatic heterocycles. The van der Waals surface area contributed by atoms with E-state index in [-0.39, 0.29) is 29.5 Å². The summed E-state index contributed by atoms with van der Waals surface area (Å²) in [5.41, 5.74) is 0. The number of piperazine rings is 1. The maximum absolute atomic E-state index is 12.3. The summed E-state index contributed by atoms with van der Waals surface area (Å²) in [6.07, 6.45) is 3.36. The van der Waals surface area contributed by atoms with Crippen LogP contribution in [0.4, 0.5) is 5.95 Å². The summed E-state index contributed by atoms with van der Waals surface area (Å²) < 4.78 is 30.0. The first kappa shape index (κ1) is 17.3. The van der Waals surface area contributed by atoms with Crippen LogP contribution in [0, 0.1) is 0 Å². The van der Waals surface area contributed by atoms with Crippen molar-refractivity contribution < 1.29 is 12.9 Å². The van der Waals surface area contributed by atoms with Crippen molar-refractivity contribution in [2.45, 2.75) is 38.4 Å². The first-order valence-corrected chi connectivity index (χ1v) is 10.6. The summed E-state index contributed by atoms with van der Waals surface area (Å²) in [6.45, 7) is 5.82. The monoisotopic (exact) mass is 378 g/mol. The van der Waals surface area contributed by atoms with Crippen molar-refractivity contribution in [3.8, 4) is 0 Å². The molecule has 2 saturated heterocycles. The molecule has 2 aromatic rings. The lowest BCUT2D eigenvalue weighted by atomic mass is 10.1. The van der Waals surface area contributed by atoms with E-state index in [2.05, 4.69) is 25.0 Å². The van der Waals surface area contributed by atoms with Crippen LogP contribution in [0.25, 0.3) is 0 Å². The van der Waals surface area contributed by atoms with Crippen molar-refractivity contribution in [3.05, 3.63) is 30.2 Å². The van der Waals surface area contributed by atoms with Crippen molar-refractivity contribution in [3.63, 3.8) is 0 Å². The molecule has 10 heteroatoms. The van der Waals surface area contributed by atoms with E-state index in [0.29, 0.717) is 37.3 Å². The van der Waals surface area contributed by atoms with Crippen LogP contribution in [0.5, 0.6) is 0 Å². The lowest BCUT2D eigenvalue weighted by Crippen LogP contribution is -2.59. The Kier molecular flexibility index (Phi) is 4.39. The number of aromatic nitrogens is 4. The largest absolute Gasteiger partial charge is 0.338 e. The summed E-state index contributed by atoms with van der Waals surface area (Å²) in [7, 11) is -3.11. The van der Waals surface area contributed by atoms with E-state index in [1.54, 1.807) is 18.5 Å². The van der Waals surface area contributed by atoms with E-state index >= 15 is 0 Å². The van der Waals surface area contributed by atoms with Crippen LogP contribution in [-0.4, -0.2) is 70.1 Å². The quantitative estimate of drug-likeness (QED) is 0.750. The van der Waals surface area contributed by atoms with Gasteiger partial charge in [0.1, 0.15) is 0 Å². The Hall–Kier alpha value is -2.07. The second-order valence-corrected chi connectivity index (χ2v) is 9.28. The topological polar surface area (TPSA) is 105 Å². The fraction of sp³-hybridized carbons (Fsp3) is 0.625. The molecule has 2 aliphatic rings. The standard InChI is InChI=1S/C16H22N6O3S/c1-11(2)15-19-14(25-20-15)8-21-6-7-22(16-17-4-3-5-18-16)13-10-26(23,24)9-12(13)21/h3-5,11-13H,6-10H2,1-2H3/t12-,13+/m0/s1. The van der Waals surface area contributed by atoms with Gasteiger partial charge in [0, 0.05) is 37.4 Å². The highest BCUT2D eigenvalue weighted by atomic mass is 32.2. The van der Waals surface area contributed by atoms with E-state index < -0.39 is 9.84 Å². The Morgan fingerprint density at radius 2 is 1.92 bits per heavy atom. The zero-order chi connectivity index (χ0) is 18.3. The molecular formula is C16H22N6O3S. The molecule has 26 heavy (non-hydrogen) atoms. The van der Waals surface area contributed by atoms with Crippen molar-refractivity contribution in [1.29, 1.82) is 0 Å². The number of sulfone groups is 1. The number of anilines is 1. The van der Waals surface area contributed by atoms with Gasteiger partial charge in [-0.3, -0.25) is 4.90 Å². The van der Waals surface area contributed by atoms with Crippen LogP contribution in [-0.2, 0) is 16.4 Å². The molecule has 0 N–H and O–H groups in total. The number of hydrogen-bond donors (Lipinski definition) is 0. The van der Waals surface area contributed by atoms with Crippen LogP contribution >= 0.6 is 0 Å². The highest BCUT2D eigenvalue weighted by molar-refractivity contribution is 7.91. The van der Waals surface area contributed by atoms with Crippen LogP contribution in [0.1, 0.15) is 31.5 Å². The molecule has 0 unspecified atom stereocenters. The number of hydrogen-bond acceptors (Lipinski definition) is 9. The molecule has 9 nitrogen and oxygen atoms in total. The zero-order valence-electron chi connectivity index (χ0n) is 14.8. The minimum absolute atomic E-state index is 0.119. The average molecular weight is 378 g/mol. The molecule has 2 aliphatic heterocycles. The van der Waals surface area contributed by atoms with Gasteiger partial charge >= 0.3 is 0 Å². The summed E-state index contributed by atoms with van der Waals surface area (Å²) in [5.74, 6) is 2.23. The highest BCUT2D eigenvalue weighted by Gasteiger charge is 2.47. The Morgan fingerprint density at radius 1 is 1.19 bits per heavy atom. The molecular weight excluding hydrogens is 356 g/mol. The maximum atomic E-state index is 12.3. The van der Waals surface area contributed by atoms with Gasteiger partial charge in [-0.05, 0) is 6.07 Å². The molecule has 4 rings (SSSR count). The van der Waals surface area contributed by atoms with E-state index in [4.69, 9.17) is 4.52 Å². The Labute approximate surface area is 152 Å². The molecule has 0 aromatic carbocycles. The Morgan fingerprint density at radius 3 is 2.62 bits per heavy atom. The van der Waals surface area contributed by atoms with Crippen molar-refractivity contribution in [2.75, 3.05) is 29.5 Å². The van der Waals surface area contributed by atoms with Crippen molar-refractivity contribution in [2.24, 2.45) is 0 Å². The van der Waals surface area contributed by atoms with Gasteiger partial charge in [0.25, 0.3) is 0 Å². The van der Waals surface area contributed by atoms with Crippen molar-refractivity contribution >= 4 is 15.8 Å². The normalized spacial score (nSPS) is 25.6. The van der Waals surface area contributed by atoms with Gasteiger partial charge in [0.2, 0.25) is 11.8 Å². The van der Waals surface area contributed by atoms with Crippen LogP contribution in [0.15, 0.2) is 23.0 Å². The first-order chi connectivity index (χ1) is 12.4. The molecule has 140 valence electrons. The fourth-order valence-corrected chi connectivity index (χ4v) is 5.66. The smallest absolute Gasteiger partial charge is 0.240 e. The van der Waals surface area contributed by atoms with E-state index in [1.165, 1.54) is 0 Å². The number of fused-ring (bicyclic) bond motifs is 1. The van der Waals surface area contributed by atoms with E-state index in [1.807, 2.05) is 18.7 Å². The fourth-order valence-electron chi connectivity index (χ4n) is 3.65. The molecule has 0 spiro atoms. The second-order valence-electron chi connectivity index (χ2n) is 7.13. The summed E-state index contributed by atoms with van der Waals surface area (Å²) in [6, 6.07) is 1.46. The van der Waals surface area contributed by atoms with E-state index in [9.17, 15) is 8.42 Å². The molecule has 0 saturated carbocycles. The van der Waals surface area contributed by atoms with Gasteiger partial charge < -0.3 is 9.42 Å². The summed E-state index contributed by atoms with van der Waals surface area (Å²) in [4.78, 5) is 17.2. The van der Waals surface area contributed by atoms with Crippen molar-refractivity contribution in [1.82, 2.24) is 25.0 Å². The van der Waals surface area contributed by atoms with Gasteiger partial charge in [-0.1, -0.05) is 19.0 Å². The SMILES string of the molecule is CC(C)c1noc(CN2CCN(c3ncccn3)[C@@H]3CS(=O)(=O)C[C@@H]32)n1. The summed E-state index contributed by atoms with van der Waals surface area (Å²) >= 11 is 0. The second kappa shape index (κ2) is 6.58. The molecule has 0 radical (unpaired) electrons. The van der Waals surface area contributed by atoms with Crippen LogP contribution < -0.4 is 4.90 Å². The third-order valence-electron chi connectivity index (χ3n) is 4.94. The van der Waals surface area contributed by atoms with Gasteiger partial charge in [0.05, 0.1) is 24.1 Å². The highest BCUT2D eigenvalue weighted by Crippen LogP contribution is 2.30. The van der Waals surface area contributed by atoms with E-state index in [0.717, 1.165) is 0 Å². The van der Waals surface area contributed by atoms with Gasteiger partial charge in [0.15, 0.2) is 15.7 Å².